The van der Waals surface area contributed by atoms with Crippen molar-refractivity contribution in [2.45, 2.75) is 19.4 Å². The standard InChI is InChI=1S/C15H20N2O/c1-4-13-6-7-17-15(13)14(5-1)10-16-9-12-3-2-8-18-11-12/h1,4-7,12,16-17H,2-3,8-11H2. The molecule has 0 radical (unpaired) electrons. The summed E-state index contributed by atoms with van der Waals surface area (Å²) in [5.74, 6) is 0.682. The molecular formula is C15H20N2O. The van der Waals surface area contributed by atoms with Crippen LogP contribution in [-0.2, 0) is 11.3 Å². The molecule has 0 saturated carbocycles. The molecule has 2 N–H and O–H groups in total. The van der Waals surface area contributed by atoms with E-state index in [9.17, 15) is 0 Å². The average Bonchev–Trinajstić information content (AvgIpc) is 2.89. The SMILES string of the molecule is c1cc(CNCC2CCCOC2)c2[nH]ccc2c1. The molecule has 1 atom stereocenters. The fourth-order valence-corrected chi connectivity index (χ4v) is 2.68. The molecule has 0 amide bonds. The van der Waals surface area contributed by atoms with Crippen molar-refractivity contribution in [2.75, 3.05) is 19.8 Å². The number of aromatic nitrogens is 1. The summed E-state index contributed by atoms with van der Waals surface area (Å²) in [5.41, 5.74) is 2.60. The average molecular weight is 244 g/mol. The fourth-order valence-electron chi connectivity index (χ4n) is 2.68. The Morgan fingerprint density at radius 2 is 2.33 bits per heavy atom. The van der Waals surface area contributed by atoms with E-state index >= 15 is 0 Å². The predicted octanol–water partition coefficient (Wildman–Crippen LogP) is 2.68. The van der Waals surface area contributed by atoms with E-state index in [2.05, 4.69) is 34.6 Å². The Morgan fingerprint density at radius 1 is 1.33 bits per heavy atom. The lowest BCUT2D eigenvalue weighted by atomic mass is 10.0. The van der Waals surface area contributed by atoms with Crippen LogP contribution in [0, 0.1) is 5.92 Å². The molecule has 1 unspecified atom stereocenters. The number of nitrogens with one attached hydrogen (secondary N) is 2. The first-order valence-corrected chi connectivity index (χ1v) is 6.77. The molecule has 18 heavy (non-hydrogen) atoms. The molecule has 1 fully saturated rings. The lowest BCUT2D eigenvalue weighted by Gasteiger charge is -2.22. The van der Waals surface area contributed by atoms with Crippen LogP contribution in [0.2, 0.25) is 0 Å². The van der Waals surface area contributed by atoms with Crippen molar-refractivity contribution < 1.29 is 4.74 Å². The molecule has 1 saturated heterocycles. The van der Waals surface area contributed by atoms with Crippen LogP contribution in [0.25, 0.3) is 10.9 Å². The maximum Gasteiger partial charge on any atom is 0.0506 e. The predicted molar refractivity (Wildman–Crippen MR) is 73.5 cm³/mol. The van der Waals surface area contributed by atoms with Crippen molar-refractivity contribution in [3.8, 4) is 0 Å². The van der Waals surface area contributed by atoms with E-state index in [0.717, 1.165) is 26.3 Å². The molecule has 2 heterocycles. The van der Waals surface area contributed by atoms with Crippen molar-refractivity contribution in [3.63, 3.8) is 0 Å². The summed E-state index contributed by atoms with van der Waals surface area (Å²) in [6.45, 7) is 3.84. The molecular weight excluding hydrogens is 224 g/mol. The zero-order valence-electron chi connectivity index (χ0n) is 10.6. The third-order valence-corrected chi connectivity index (χ3v) is 3.68. The molecule has 0 aliphatic carbocycles. The van der Waals surface area contributed by atoms with Crippen LogP contribution < -0.4 is 5.32 Å². The molecule has 0 spiro atoms. The Labute approximate surface area is 108 Å². The zero-order chi connectivity index (χ0) is 12.2. The fraction of sp³-hybridized carbons (Fsp3) is 0.467. The quantitative estimate of drug-likeness (QED) is 0.867. The van der Waals surface area contributed by atoms with Crippen LogP contribution in [0.5, 0.6) is 0 Å². The Hall–Kier alpha value is -1.32. The molecule has 3 rings (SSSR count). The van der Waals surface area contributed by atoms with E-state index < -0.39 is 0 Å². The number of para-hydroxylation sites is 1. The molecule has 3 nitrogen and oxygen atoms in total. The molecule has 0 bridgehead atoms. The molecule has 3 heteroatoms. The van der Waals surface area contributed by atoms with Gasteiger partial charge in [0.15, 0.2) is 0 Å². The summed E-state index contributed by atoms with van der Waals surface area (Å²) in [6.07, 6.45) is 4.50. The van der Waals surface area contributed by atoms with Crippen LogP contribution in [0.4, 0.5) is 0 Å². The second kappa shape index (κ2) is 5.55. The Balaban J connectivity index is 1.57. The van der Waals surface area contributed by atoms with Crippen LogP contribution >= 0.6 is 0 Å². The Morgan fingerprint density at radius 3 is 3.22 bits per heavy atom. The van der Waals surface area contributed by atoms with Gasteiger partial charge in [0.1, 0.15) is 0 Å². The normalized spacial score (nSPS) is 20.3. The van der Waals surface area contributed by atoms with Crippen molar-refractivity contribution in [1.29, 1.82) is 0 Å². The van der Waals surface area contributed by atoms with Gasteiger partial charge in [-0.3, -0.25) is 0 Å². The zero-order valence-corrected chi connectivity index (χ0v) is 10.6. The van der Waals surface area contributed by atoms with E-state index in [1.165, 1.54) is 29.3 Å². The van der Waals surface area contributed by atoms with Gasteiger partial charge in [0.2, 0.25) is 0 Å². The van der Waals surface area contributed by atoms with Gasteiger partial charge in [-0.2, -0.15) is 0 Å². The van der Waals surface area contributed by atoms with Gasteiger partial charge in [-0.15, -0.1) is 0 Å². The second-order valence-electron chi connectivity index (χ2n) is 5.07. The van der Waals surface area contributed by atoms with Crippen LogP contribution in [0.3, 0.4) is 0 Å². The van der Waals surface area contributed by atoms with Crippen LogP contribution in [0.15, 0.2) is 30.5 Å². The van der Waals surface area contributed by atoms with Crippen LogP contribution in [0.1, 0.15) is 18.4 Å². The van der Waals surface area contributed by atoms with Gasteiger partial charge in [-0.1, -0.05) is 18.2 Å². The topological polar surface area (TPSA) is 37.0 Å². The minimum absolute atomic E-state index is 0.682. The number of H-pyrrole nitrogens is 1. The van der Waals surface area contributed by atoms with Crippen molar-refractivity contribution >= 4 is 10.9 Å². The van der Waals surface area contributed by atoms with Crippen molar-refractivity contribution in [1.82, 2.24) is 10.3 Å². The van der Waals surface area contributed by atoms with Crippen LogP contribution in [-0.4, -0.2) is 24.7 Å². The van der Waals surface area contributed by atoms with Crippen molar-refractivity contribution in [3.05, 3.63) is 36.0 Å². The number of aromatic amines is 1. The number of hydrogen-bond acceptors (Lipinski definition) is 2. The Bertz CT molecular complexity index is 500. The maximum atomic E-state index is 5.50. The first-order valence-electron chi connectivity index (χ1n) is 6.77. The third-order valence-electron chi connectivity index (χ3n) is 3.68. The third kappa shape index (κ3) is 2.57. The first kappa shape index (κ1) is 11.8. The summed E-state index contributed by atoms with van der Waals surface area (Å²) < 4.78 is 5.50. The number of rotatable bonds is 4. The highest BCUT2D eigenvalue weighted by molar-refractivity contribution is 5.82. The second-order valence-corrected chi connectivity index (χ2v) is 5.07. The van der Waals surface area contributed by atoms with Gasteiger partial charge >= 0.3 is 0 Å². The van der Waals surface area contributed by atoms with Gasteiger partial charge < -0.3 is 15.0 Å². The van der Waals surface area contributed by atoms with E-state index in [1.54, 1.807) is 0 Å². The number of ether oxygens (including phenoxy) is 1. The minimum atomic E-state index is 0.682. The first-order chi connectivity index (χ1) is 8.93. The molecule has 1 aliphatic heterocycles. The van der Waals surface area contributed by atoms with E-state index in [0.29, 0.717) is 5.92 Å². The summed E-state index contributed by atoms with van der Waals surface area (Å²) in [7, 11) is 0. The smallest absolute Gasteiger partial charge is 0.0506 e. The molecule has 96 valence electrons. The minimum Gasteiger partial charge on any atom is -0.381 e. The lowest BCUT2D eigenvalue weighted by molar-refractivity contribution is 0.0547. The van der Waals surface area contributed by atoms with Gasteiger partial charge in [-0.05, 0) is 35.8 Å². The number of benzene rings is 1. The molecule has 1 aromatic heterocycles. The monoisotopic (exact) mass is 244 g/mol. The van der Waals surface area contributed by atoms with Gasteiger partial charge in [0, 0.05) is 31.4 Å². The highest BCUT2D eigenvalue weighted by Crippen LogP contribution is 2.17. The van der Waals surface area contributed by atoms with Gasteiger partial charge in [0.05, 0.1) is 6.61 Å². The van der Waals surface area contributed by atoms with Crippen molar-refractivity contribution in [2.24, 2.45) is 5.92 Å². The van der Waals surface area contributed by atoms with E-state index in [4.69, 9.17) is 4.74 Å². The summed E-state index contributed by atoms with van der Waals surface area (Å²) in [4.78, 5) is 3.31. The van der Waals surface area contributed by atoms with Gasteiger partial charge in [0.25, 0.3) is 0 Å². The highest BCUT2D eigenvalue weighted by Gasteiger charge is 2.13. The summed E-state index contributed by atoms with van der Waals surface area (Å²) in [5, 5.41) is 4.84. The maximum absolute atomic E-state index is 5.50. The summed E-state index contributed by atoms with van der Waals surface area (Å²) >= 11 is 0. The van der Waals surface area contributed by atoms with E-state index in [1.807, 2.05) is 6.20 Å². The van der Waals surface area contributed by atoms with Gasteiger partial charge in [-0.25, -0.2) is 0 Å². The number of fused-ring (bicyclic) bond motifs is 1. The van der Waals surface area contributed by atoms with E-state index in [-0.39, 0.29) is 0 Å². The summed E-state index contributed by atoms with van der Waals surface area (Å²) in [6, 6.07) is 8.57. The highest BCUT2D eigenvalue weighted by atomic mass is 16.5. The Kier molecular flexibility index (Phi) is 3.62. The molecule has 2 aromatic rings. The molecule has 1 aliphatic rings. The largest absolute Gasteiger partial charge is 0.381 e. The lowest BCUT2D eigenvalue weighted by Crippen LogP contribution is -2.28. The molecule has 1 aromatic carbocycles. The number of hydrogen-bond donors (Lipinski definition) is 2.